The Hall–Kier alpha value is -4.40. The molecule has 1 aliphatic rings. The lowest BCUT2D eigenvalue weighted by molar-refractivity contribution is -0.141. The lowest BCUT2D eigenvalue weighted by Gasteiger charge is -2.41. The van der Waals surface area contributed by atoms with Gasteiger partial charge in [-0.1, -0.05) is 39.0 Å². The summed E-state index contributed by atoms with van der Waals surface area (Å²) in [5.74, 6) is 0.651. The van der Waals surface area contributed by atoms with Gasteiger partial charge in [0.05, 0.1) is 18.8 Å². The van der Waals surface area contributed by atoms with Crippen LogP contribution in [0.1, 0.15) is 65.6 Å². The van der Waals surface area contributed by atoms with Crippen LogP contribution >= 0.6 is 0 Å². The van der Waals surface area contributed by atoms with Gasteiger partial charge in [0.15, 0.2) is 12.3 Å². The minimum Gasteiger partial charge on any atom is -0.484 e. The standard InChI is InChI=1S/C30H30FN3O5/c1-30(2,3)29(36)34-12-11-19-9-10-22(15-24(19)27(34)20-6-4-7-21(31)14-20)38-18-26-33-25(17-39-26)28(35)32-16-23-8-5-13-37-23/h4-10,13-15,17,27H,11-12,16,18H2,1-3H3,(H,32,35). The molecule has 0 radical (unpaired) electrons. The Morgan fingerprint density at radius 2 is 1.97 bits per heavy atom. The van der Waals surface area contributed by atoms with E-state index in [-0.39, 0.29) is 36.5 Å². The highest BCUT2D eigenvalue weighted by Gasteiger charge is 2.37. The van der Waals surface area contributed by atoms with Crippen molar-refractivity contribution in [3.63, 3.8) is 0 Å². The topological polar surface area (TPSA) is 97.8 Å². The molecule has 1 N–H and O–H groups in total. The first kappa shape index (κ1) is 26.2. The Morgan fingerprint density at radius 3 is 2.72 bits per heavy atom. The van der Waals surface area contributed by atoms with Crippen LogP contribution in [0.3, 0.4) is 0 Å². The van der Waals surface area contributed by atoms with Gasteiger partial charge >= 0.3 is 0 Å². The van der Waals surface area contributed by atoms with E-state index in [4.69, 9.17) is 13.6 Å². The molecule has 0 spiro atoms. The molecular formula is C30H30FN3O5. The third-order valence-corrected chi connectivity index (χ3v) is 6.56. The number of halogens is 1. The fourth-order valence-corrected chi connectivity index (χ4v) is 4.67. The van der Waals surface area contributed by atoms with E-state index in [0.29, 0.717) is 30.0 Å². The average molecular weight is 532 g/mol. The molecule has 4 aromatic rings. The van der Waals surface area contributed by atoms with E-state index in [1.807, 2.05) is 49.9 Å². The van der Waals surface area contributed by atoms with Gasteiger partial charge in [0.25, 0.3) is 5.91 Å². The molecule has 0 aliphatic carbocycles. The lowest BCUT2D eigenvalue weighted by Crippen LogP contribution is -2.45. The van der Waals surface area contributed by atoms with Gasteiger partial charge in [-0.25, -0.2) is 9.37 Å². The molecule has 1 unspecified atom stereocenters. The maximum atomic E-state index is 14.2. The van der Waals surface area contributed by atoms with Crippen molar-refractivity contribution >= 4 is 11.8 Å². The molecule has 0 saturated carbocycles. The second-order valence-corrected chi connectivity index (χ2v) is 10.5. The molecule has 2 aromatic carbocycles. The van der Waals surface area contributed by atoms with Gasteiger partial charge in [-0.05, 0) is 59.5 Å². The zero-order valence-corrected chi connectivity index (χ0v) is 22.1. The van der Waals surface area contributed by atoms with Crippen LogP contribution in [0.4, 0.5) is 4.39 Å². The summed E-state index contributed by atoms with van der Waals surface area (Å²) in [7, 11) is 0. The normalized spacial score (nSPS) is 15.1. The molecule has 1 aliphatic heterocycles. The van der Waals surface area contributed by atoms with Crippen LogP contribution in [0.2, 0.25) is 0 Å². The maximum absolute atomic E-state index is 14.2. The van der Waals surface area contributed by atoms with Gasteiger partial charge in [0.1, 0.15) is 23.6 Å². The molecule has 5 rings (SSSR count). The molecule has 202 valence electrons. The first-order valence-corrected chi connectivity index (χ1v) is 12.8. The number of carbonyl (C=O) groups is 2. The number of rotatable bonds is 7. The monoisotopic (exact) mass is 531 g/mol. The molecule has 0 bridgehead atoms. The van der Waals surface area contributed by atoms with Crippen molar-refractivity contribution < 1.29 is 27.6 Å². The largest absolute Gasteiger partial charge is 0.484 e. The summed E-state index contributed by atoms with van der Waals surface area (Å²) in [6, 6.07) is 15.1. The van der Waals surface area contributed by atoms with Crippen molar-refractivity contribution in [2.45, 2.75) is 46.4 Å². The fraction of sp³-hybridized carbons (Fsp3) is 0.300. The molecule has 2 amide bonds. The van der Waals surface area contributed by atoms with E-state index in [1.54, 1.807) is 18.2 Å². The highest BCUT2D eigenvalue weighted by molar-refractivity contribution is 5.91. The van der Waals surface area contributed by atoms with Gasteiger partial charge in [-0.2, -0.15) is 0 Å². The number of ether oxygens (including phenoxy) is 1. The number of aromatic nitrogens is 1. The van der Waals surface area contributed by atoms with Crippen molar-refractivity contribution in [3.05, 3.63) is 107 Å². The summed E-state index contributed by atoms with van der Waals surface area (Å²) in [5.41, 5.74) is 2.19. The first-order valence-electron chi connectivity index (χ1n) is 12.8. The van der Waals surface area contributed by atoms with Gasteiger partial charge in [-0.3, -0.25) is 9.59 Å². The number of benzene rings is 2. The number of oxazole rings is 1. The quantitative estimate of drug-likeness (QED) is 0.341. The smallest absolute Gasteiger partial charge is 0.273 e. The summed E-state index contributed by atoms with van der Waals surface area (Å²) >= 11 is 0. The minimum absolute atomic E-state index is 0.000478. The van der Waals surface area contributed by atoms with Gasteiger partial charge in [0, 0.05) is 12.0 Å². The molecule has 39 heavy (non-hydrogen) atoms. The molecule has 0 saturated heterocycles. The number of amides is 2. The Bertz CT molecular complexity index is 1470. The van der Waals surface area contributed by atoms with Crippen LogP contribution in [0.5, 0.6) is 5.75 Å². The van der Waals surface area contributed by atoms with Crippen molar-refractivity contribution in [3.8, 4) is 5.75 Å². The van der Waals surface area contributed by atoms with Crippen LogP contribution < -0.4 is 10.1 Å². The summed E-state index contributed by atoms with van der Waals surface area (Å²) in [4.78, 5) is 31.8. The van der Waals surface area contributed by atoms with Crippen LogP contribution in [0, 0.1) is 11.2 Å². The summed E-state index contributed by atoms with van der Waals surface area (Å²) in [5, 5.41) is 2.72. The molecule has 9 heteroatoms. The Labute approximate surface area is 225 Å². The van der Waals surface area contributed by atoms with E-state index in [9.17, 15) is 14.0 Å². The number of hydrogen-bond donors (Lipinski definition) is 1. The molecule has 2 aromatic heterocycles. The van der Waals surface area contributed by atoms with Crippen molar-refractivity contribution in [1.82, 2.24) is 15.2 Å². The number of nitrogens with zero attached hydrogens (tertiary/aromatic N) is 2. The van der Waals surface area contributed by atoms with E-state index >= 15 is 0 Å². The Balaban J connectivity index is 1.34. The Kier molecular flexibility index (Phi) is 7.24. The number of carbonyl (C=O) groups excluding carboxylic acids is 2. The minimum atomic E-state index is -0.593. The highest BCUT2D eigenvalue weighted by atomic mass is 19.1. The number of fused-ring (bicyclic) bond motifs is 1. The van der Waals surface area contributed by atoms with Gasteiger partial charge < -0.3 is 23.8 Å². The van der Waals surface area contributed by atoms with Crippen molar-refractivity contribution in [2.24, 2.45) is 5.41 Å². The fourth-order valence-electron chi connectivity index (χ4n) is 4.67. The summed E-state index contributed by atoms with van der Waals surface area (Å²) < 4.78 is 30.9. The lowest BCUT2D eigenvalue weighted by atomic mass is 9.85. The predicted octanol–water partition coefficient (Wildman–Crippen LogP) is 5.44. The average Bonchev–Trinajstić information content (AvgIpc) is 3.61. The van der Waals surface area contributed by atoms with Crippen molar-refractivity contribution in [1.29, 1.82) is 0 Å². The second kappa shape index (κ2) is 10.8. The van der Waals surface area contributed by atoms with Gasteiger partial charge in [-0.15, -0.1) is 0 Å². The zero-order valence-electron chi connectivity index (χ0n) is 22.1. The first-order chi connectivity index (χ1) is 18.7. The molecule has 8 nitrogen and oxygen atoms in total. The maximum Gasteiger partial charge on any atom is 0.273 e. The number of hydrogen-bond acceptors (Lipinski definition) is 6. The highest BCUT2D eigenvalue weighted by Crippen LogP contribution is 2.39. The molecule has 3 heterocycles. The van der Waals surface area contributed by atoms with Crippen molar-refractivity contribution in [2.75, 3.05) is 6.54 Å². The second-order valence-electron chi connectivity index (χ2n) is 10.5. The zero-order chi connectivity index (χ0) is 27.6. The Morgan fingerprint density at radius 1 is 1.13 bits per heavy atom. The van der Waals surface area contributed by atoms with Crippen LogP contribution in [-0.2, 0) is 24.4 Å². The predicted molar refractivity (Wildman–Crippen MR) is 140 cm³/mol. The van der Waals surface area contributed by atoms with Crippen LogP contribution in [0.15, 0.2) is 76.0 Å². The van der Waals surface area contributed by atoms with E-state index in [0.717, 1.165) is 11.1 Å². The van der Waals surface area contributed by atoms with Crippen LogP contribution in [-0.4, -0.2) is 28.2 Å². The van der Waals surface area contributed by atoms with Crippen LogP contribution in [0.25, 0.3) is 0 Å². The molecule has 1 atom stereocenters. The van der Waals surface area contributed by atoms with E-state index < -0.39 is 17.4 Å². The van der Waals surface area contributed by atoms with Gasteiger partial charge in [0.2, 0.25) is 11.8 Å². The molecular weight excluding hydrogens is 501 g/mol. The third kappa shape index (κ3) is 5.87. The number of nitrogens with one attached hydrogen (secondary N) is 1. The summed E-state index contributed by atoms with van der Waals surface area (Å²) in [6.45, 7) is 6.42. The summed E-state index contributed by atoms with van der Waals surface area (Å²) in [6.07, 6.45) is 3.49. The third-order valence-electron chi connectivity index (χ3n) is 6.56. The SMILES string of the molecule is CC(C)(C)C(=O)N1CCc2ccc(OCc3nc(C(=O)NCc4ccco4)co3)cc2C1c1cccc(F)c1. The van der Waals surface area contributed by atoms with E-state index in [2.05, 4.69) is 10.3 Å². The van der Waals surface area contributed by atoms with E-state index in [1.165, 1.54) is 24.7 Å². The number of furan rings is 1. The molecule has 0 fully saturated rings.